The zero-order valence-electron chi connectivity index (χ0n) is 24.4. The lowest BCUT2D eigenvalue weighted by Crippen LogP contribution is -2.76. The van der Waals surface area contributed by atoms with Crippen LogP contribution in [0.1, 0.15) is 70.8 Å². The van der Waals surface area contributed by atoms with Crippen molar-refractivity contribution in [1.29, 1.82) is 0 Å². The Labute approximate surface area is 243 Å². The van der Waals surface area contributed by atoms with E-state index in [4.69, 9.17) is 28.1 Å². The van der Waals surface area contributed by atoms with Crippen molar-refractivity contribution >= 4 is 5.78 Å². The largest absolute Gasteiger partial charge is 0.431 e. The molecule has 0 radical (unpaired) electrons. The molecule has 7 fully saturated rings. The second-order valence-corrected chi connectivity index (χ2v) is 14.4. The van der Waals surface area contributed by atoms with Crippen LogP contribution >= 0.6 is 0 Å². The maximum absolute atomic E-state index is 14.4. The van der Waals surface area contributed by atoms with E-state index < -0.39 is 75.7 Å². The standard InChI is InChI=1S/C31H40O11/c1-14-11-29(37-4)25(35)26(39-14)40-18-9-16-10-20-31(42-20)23(27(16,2)12-19(18)41-29)22(33)24(34)28(3)17(7-8-30(28,31)36)15-5-6-21(32)38-13-15/h5-6,13-14,16-20,22-23,25-26,33,35-36H,7-12H2,1-4H3/t14-,16+,17+,18+,19+,20-,22-,23+,25+,26-,27-,28-,29-,30+,31-/m0/s1. The number of methoxy groups -OCH3 is 1. The predicted octanol–water partition coefficient (Wildman–Crippen LogP) is 1.39. The van der Waals surface area contributed by atoms with Gasteiger partial charge in [0.25, 0.3) is 0 Å². The summed E-state index contributed by atoms with van der Waals surface area (Å²) in [5, 5.41) is 35.9. The summed E-state index contributed by atoms with van der Waals surface area (Å²) in [6.45, 7) is 5.71. The second kappa shape index (κ2) is 8.51. The van der Waals surface area contributed by atoms with Gasteiger partial charge in [0.15, 0.2) is 18.2 Å². The van der Waals surface area contributed by atoms with Crippen LogP contribution in [-0.2, 0) is 28.5 Å². The van der Waals surface area contributed by atoms with Gasteiger partial charge in [0.05, 0.1) is 36.1 Å². The molecule has 1 aromatic heterocycles. The van der Waals surface area contributed by atoms with Crippen LogP contribution in [0.4, 0.5) is 0 Å². The molecule has 3 aliphatic heterocycles. The van der Waals surface area contributed by atoms with Crippen LogP contribution in [0.15, 0.2) is 27.6 Å². The summed E-state index contributed by atoms with van der Waals surface area (Å²) in [6.07, 6.45) is -0.738. The van der Waals surface area contributed by atoms with Crippen LogP contribution in [0.25, 0.3) is 0 Å². The van der Waals surface area contributed by atoms with Gasteiger partial charge >= 0.3 is 5.63 Å². The van der Waals surface area contributed by atoms with Crippen LogP contribution in [-0.4, -0.2) is 88.1 Å². The summed E-state index contributed by atoms with van der Waals surface area (Å²) in [7, 11) is 1.51. The van der Waals surface area contributed by atoms with Crippen LogP contribution in [0, 0.1) is 22.7 Å². The number of rotatable bonds is 2. The van der Waals surface area contributed by atoms with Gasteiger partial charge < -0.3 is 43.4 Å². The van der Waals surface area contributed by atoms with E-state index in [-0.39, 0.29) is 24.2 Å². The van der Waals surface area contributed by atoms with Crippen LogP contribution < -0.4 is 5.63 Å². The third-order valence-electron chi connectivity index (χ3n) is 12.8. The van der Waals surface area contributed by atoms with Gasteiger partial charge in [-0.15, -0.1) is 0 Å². The molecule has 11 heteroatoms. The minimum Gasteiger partial charge on any atom is -0.431 e. The average molecular weight is 589 g/mol. The Morgan fingerprint density at radius 2 is 1.81 bits per heavy atom. The van der Waals surface area contributed by atoms with Gasteiger partial charge in [-0.05, 0) is 68.9 Å². The third-order valence-corrected chi connectivity index (χ3v) is 12.8. The van der Waals surface area contributed by atoms with Gasteiger partial charge in [-0.1, -0.05) is 6.92 Å². The van der Waals surface area contributed by atoms with Gasteiger partial charge in [-0.25, -0.2) is 4.79 Å². The number of Topliss-reactive ketones (excluding diaryl/α,β-unsaturated/α-hetero) is 1. The molecule has 4 saturated carbocycles. The number of ether oxygens (including phenoxy) is 5. The second-order valence-electron chi connectivity index (χ2n) is 14.4. The van der Waals surface area contributed by atoms with Crippen molar-refractivity contribution in [1.82, 2.24) is 0 Å². The summed E-state index contributed by atoms with van der Waals surface area (Å²) >= 11 is 0. The van der Waals surface area contributed by atoms with E-state index in [9.17, 15) is 24.9 Å². The van der Waals surface area contributed by atoms with E-state index in [2.05, 4.69) is 6.92 Å². The number of ketones is 1. The van der Waals surface area contributed by atoms with E-state index in [0.717, 1.165) is 0 Å². The van der Waals surface area contributed by atoms with E-state index in [0.29, 0.717) is 44.1 Å². The molecule has 0 amide bonds. The zero-order chi connectivity index (χ0) is 29.6. The third kappa shape index (κ3) is 3.09. The quantitative estimate of drug-likeness (QED) is 0.339. The summed E-state index contributed by atoms with van der Waals surface area (Å²) in [4.78, 5) is 26.1. The number of aliphatic hydroxyl groups excluding tert-OH is 2. The van der Waals surface area contributed by atoms with Gasteiger partial charge in [0, 0.05) is 31.4 Å². The molecule has 3 N–H and O–H groups in total. The highest BCUT2D eigenvalue weighted by Gasteiger charge is 2.88. The molecule has 1 spiro atoms. The molecule has 7 aliphatic rings. The number of fused-ring (bicyclic) bond motifs is 6. The molecular weight excluding hydrogens is 548 g/mol. The first kappa shape index (κ1) is 27.8. The molecule has 11 nitrogen and oxygen atoms in total. The summed E-state index contributed by atoms with van der Waals surface area (Å²) < 4.78 is 36.5. The van der Waals surface area contributed by atoms with Gasteiger partial charge in [0.1, 0.15) is 17.3 Å². The molecule has 3 saturated heterocycles. The Balaban J connectivity index is 1.18. The number of carbonyl (C=O) groups is 1. The maximum Gasteiger partial charge on any atom is 0.335 e. The fraction of sp³-hybridized carbons (Fsp3) is 0.806. The molecule has 42 heavy (non-hydrogen) atoms. The predicted molar refractivity (Wildman–Crippen MR) is 142 cm³/mol. The number of hydrogen-bond acceptors (Lipinski definition) is 11. The Morgan fingerprint density at radius 3 is 2.52 bits per heavy atom. The van der Waals surface area contributed by atoms with Crippen LogP contribution in [0.5, 0.6) is 0 Å². The lowest BCUT2D eigenvalue weighted by atomic mass is 9.41. The Bertz CT molecular complexity index is 1360. The van der Waals surface area contributed by atoms with Crippen molar-refractivity contribution in [3.63, 3.8) is 0 Å². The van der Waals surface area contributed by atoms with Crippen molar-refractivity contribution in [3.8, 4) is 0 Å². The fourth-order valence-corrected chi connectivity index (χ4v) is 10.8. The van der Waals surface area contributed by atoms with Crippen molar-refractivity contribution in [3.05, 3.63) is 34.4 Å². The van der Waals surface area contributed by atoms with E-state index >= 15 is 0 Å². The minimum atomic E-state index is -1.53. The minimum absolute atomic E-state index is 0.00925. The molecule has 0 aromatic carbocycles. The summed E-state index contributed by atoms with van der Waals surface area (Å²) in [5.41, 5.74) is -4.45. The topological polar surface area (TPSA) is 157 Å². The molecule has 1 aromatic rings. The first-order chi connectivity index (χ1) is 19.8. The maximum atomic E-state index is 14.4. The monoisotopic (exact) mass is 588 g/mol. The summed E-state index contributed by atoms with van der Waals surface area (Å²) in [6, 6.07) is 2.97. The molecule has 230 valence electrons. The zero-order valence-corrected chi connectivity index (χ0v) is 24.4. The van der Waals surface area contributed by atoms with E-state index in [1.807, 2.05) is 6.92 Å². The van der Waals surface area contributed by atoms with Crippen molar-refractivity contribution in [2.24, 2.45) is 22.7 Å². The molecule has 15 atom stereocenters. The molecule has 4 heterocycles. The normalized spacial score (nSPS) is 57.6. The number of carbonyl (C=O) groups excluding carboxylic acids is 1. The van der Waals surface area contributed by atoms with Gasteiger partial charge in [0.2, 0.25) is 5.79 Å². The molecule has 2 bridgehead atoms. The smallest absolute Gasteiger partial charge is 0.335 e. The lowest BCUT2D eigenvalue weighted by molar-refractivity contribution is -0.351. The van der Waals surface area contributed by atoms with Crippen LogP contribution in [0.3, 0.4) is 0 Å². The first-order valence-electron chi connectivity index (χ1n) is 15.3. The Morgan fingerprint density at radius 1 is 1.02 bits per heavy atom. The van der Waals surface area contributed by atoms with Crippen molar-refractivity contribution in [2.75, 3.05) is 7.11 Å². The first-order valence-corrected chi connectivity index (χ1v) is 15.3. The van der Waals surface area contributed by atoms with Crippen LogP contribution in [0.2, 0.25) is 0 Å². The van der Waals surface area contributed by atoms with Crippen molar-refractivity contribution in [2.45, 2.75) is 125 Å². The Hall–Kier alpha value is -1.70. The summed E-state index contributed by atoms with van der Waals surface area (Å²) in [5.74, 6) is -2.82. The van der Waals surface area contributed by atoms with E-state index in [1.165, 1.54) is 19.4 Å². The molecule has 0 unspecified atom stereocenters. The highest BCUT2D eigenvalue weighted by Crippen LogP contribution is 2.77. The molecule has 4 aliphatic carbocycles. The average Bonchev–Trinajstić information content (AvgIpc) is 3.61. The number of aliphatic hydroxyl groups is 3. The number of hydrogen-bond donors (Lipinski definition) is 3. The highest BCUT2D eigenvalue weighted by atomic mass is 16.8. The van der Waals surface area contributed by atoms with Crippen molar-refractivity contribution < 1.29 is 48.2 Å². The van der Waals surface area contributed by atoms with Gasteiger partial charge in [-0.2, -0.15) is 0 Å². The molecular formula is C31H40O11. The molecule has 8 rings (SSSR count). The fourth-order valence-electron chi connectivity index (χ4n) is 10.8. The SMILES string of the molecule is CO[C@@]12C[C@H](C)O[C@@H](O[C@@H]3C[C@@H]4C[C@@H]5O[C@]56[C@H]([C@H](O)C(=O)[C@]5(C)[C@@H](c7ccc(=O)oc7)CC[C@]65O)[C@@]4(C)C[C@H]3O1)[C@H]2O. The highest BCUT2D eigenvalue weighted by molar-refractivity contribution is 5.94. The number of epoxide rings is 1. The Kier molecular flexibility index (Phi) is 5.64. The lowest BCUT2D eigenvalue weighted by Gasteiger charge is -2.63. The van der Waals surface area contributed by atoms with E-state index in [1.54, 1.807) is 13.0 Å². The van der Waals surface area contributed by atoms with Gasteiger partial charge in [-0.3, -0.25) is 4.79 Å².